The van der Waals surface area contributed by atoms with Crippen LogP contribution < -0.4 is 14.4 Å². The normalized spacial score (nSPS) is 14.1. The molecule has 0 saturated heterocycles. The first-order chi connectivity index (χ1) is 11.3. The van der Waals surface area contributed by atoms with E-state index in [9.17, 15) is 13.2 Å². The number of carbonyl (C=O) groups is 1. The maximum Gasteiger partial charge on any atom is 0.264 e. The number of anilines is 2. The number of sulfonamides is 1. The van der Waals surface area contributed by atoms with E-state index >= 15 is 0 Å². The van der Waals surface area contributed by atoms with E-state index in [1.165, 1.54) is 4.90 Å². The van der Waals surface area contributed by atoms with Crippen LogP contribution in [0.25, 0.3) is 0 Å². The van der Waals surface area contributed by atoms with Crippen LogP contribution in [0, 0.1) is 13.8 Å². The Balaban J connectivity index is 2.04. The molecule has 24 heavy (non-hydrogen) atoms. The van der Waals surface area contributed by atoms with Gasteiger partial charge < -0.3 is 9.64 Å². The van der Waals surface area contributed by atoms with E-state index in [1.54, 1.807) is 44.3 Å². The van der Waals surface area contributed by atoms with Gasteiger partial charge in [-0.25, -0.2) is 8.42 Å². The molecule has 0 bridgehead atoms. The van der Waals surface area contributed by atoms with Gasteiger partial charge in [0.05, 0.1) is 10.6 Å². The fourth-order valence-corrected chi connectivity index (χ4v) is 4.02. The van der Waals surface area contributed by atoms with Crippen LogP contribution in [-0.2, 0) is 14.8 Å². The number of amides is 1. The first-order valence-corrected chi connectivity index (χ1v) is 8.90. The van der Waals surface area contributed by atoms with E-state index in [2.05, 4.69) is 4.72 Å². The standard InChI is InChI=1S/C17H18N2O4S/c1-11-7-8-15(12(2)9-11)24(21,22)18-13-5-4-6-14-17(13)19(3)16(20)10-23-14/h4-9,18H,10H2,1-3H3. The summed E-state index contributed by atoms with van der Waals surface area (Å²) in [5.74, 6) is 0.235. The number of hydrogen-bond acceptors (Lipinski definition) is 4. The molecule has 1 amide bonds. The molecule has 0 aromatic heterocycles. The molecule has 1 heterocycles. The van der Waals surface area contributed by atoms with Crippen molar-refractivity contribution < 1.29 is 17.9 Å². The summed E-state index contributed by atoms with van der Waals surface area (Å²) in [7, 11) is -2.18. The predicted molar refractivity (Wildman–Crippen MR) is 92.1 cm³/mol. The minimum absolute atomic E-state index is 0.0588. The highest BCUT2D eigenvalue weighted by Crippen LogP contribution is 2.39. The number of benzene rings is 2. The molecule has 126 valence electrons. The van der Waals surface area contributed by atoms with Gasteiger partial charge in [0.1, 0.15) is 11.4 Å². The van der Waals surface area contributed by atoms with Gasteiger partial charge in [-0.2, -0.15) is 0 Å². The second-order valence-corrected chi connectivity index (χ2v) is 7.42. The highest BCUT2D eigenvalue weighted by molar-refractivity contribution is 7.92. The summed E-state index contributed by atoms with van der Waals surface area (Å²) in [6.07, 6.45) is 0. The first-order valence-electron chi connectivity index (χ1n) is 7.42. The molecule has 0 aliphatic carbocycles. The minimum atomic E-state index is -3.78. The van der Waals surface area contributed by atoms with Crippen molar-refractivity contribution in [3.63, 3.8) is 0 Å². The topological polar surface area (TPSA) is 75.7 Å². The lowest BCUT2D eigenvalue weighted by Crippen LogP contribution is -2.36. The monoisotopic (exact) mass is 346 g/mol. The van der Waals surface area contributed by atoms with E-state index in [0.29, 0.717) is 22.7 Å². The van der Waals surface area contributed by atoms with Crippen LogP contribution in [0.1, 0.15) is 11.1 Å². The van der Waals surface area contributed by atoms with Crippen LogP contribution in [0.5, 0.6) is 5.75 Å². The average molecular weight is 346 g/mol. The van der Waals surface area contributed by atoms with Crippen molar-refractivity contribution in [2.24, 2.45) is 0 Å². The molecule has 0 unspecified atom stereocenters. The number of ether oxygens (including phenoxy) is 1. The van der Waals surface area contributed by atoms with Gasteiger partial charge in [-0.3, -0.25) is 9.52 Å². The third kappa shape index (κ3) is 2.82. The van der Waals surface area contributed by atoms with Crippen molar-refractivity contribution in [1.29, 1.82) is 0 Å². The van der Waals surface area contributed by atoms with Crippen molar-refractivity contribution in [2.45, 2.75) is 18.7 Å². The number of carbonyl (C=O) groups excluding carboxylic acids is 1. The smallest absolute Gasteiger partial charge is 0.264 e. The molecule has 1 aliphatic rings. The molecule has 0 radical (unpaired) electrons. The molecule has 2 aromatic carbocycles. The van der Waals surface area contributed by atoms with Gasteiger partial charge in [-0.15, -0.1) is 0 Å². The van der Waals surface area contributed by atoms with E-state index in [4.69, 9.17) is 4.74 Å². The van der Waals surface area contributed by atoms with Crippen molar-refractivity contribution in [2.75, 3.05) is 23.3 Å². The lowest BCUT2D eigenvalue weighted by molar-refractivity contribution is -0.120. The number of nitrogens with zero attached hydrogens (tertiary/aromatic N) is 1. The Kier molecular flexibility index (Phi) is 3.96. The van der Waals surface area contributed by atoms with Crippen LogP contribution in [0.3, 0.4) is 0 Å². The molecule has 6 nitrogen and oxygen atoms in total. The molecule has 0 fully saturated rings. The SMILES string of the molecule is Cc1ccc(S(=O)(=O)Nc2cccc3c2N(C)C(=O)CO3)c(C)c1. The second-order valence-electron chi connectivity index (χ2n) is 5.77. The Bertz CT molecular complexity index is 922. The average Bonchev–Trinajstić information content (AvgIpc) is 2.50. The Morgan fingerprint density at radius 1 is 1.17 bits per heavy atom. The number of aryl methyl sites for hydroxylation is 2. The van der Waals surface area contributed by atoms with Crippen molar-refractivity contribution >= 4 is 27.3 Å². The van der Waals surface area contributed by atoms with Crippen LogP contribution in [0.4, 0.5) is 11.4 Å². The van der Waals surface area contributed by atoms with Crippen molar-refractivity contribution in [3.8, 4) is 5.75 Å². The number of nitrogens with one attached hydrogen (secondary N) is 1. The third-order valence-electron chi connectivity index (χ3n) is 3.92. The van der Waals surface area contributed by atoms with E-state index in [0.717, 1.165) is 5.56 Å². The van der Waals surface area contributed by atoms with E-state index in [-0.39, 0.29) is 17.4 Å². The summed E-state index contributed by atoms with van der Waals surface area (Å²) in [5, 5.41) is 0. The summed E-state index contributed by atoms with van der Waals surface area (Å²) in [6.45, 7) is 3.60. The van der Waals surface area contributed by atoms with Gasteiger partial charge in [-0.05, 0) is 37.6 Å². The lowest BCUT2D eigenvalue weighted by atomic mass is 10.2. The number of hydrogen-bond donors (Lipinski definition) is 1. The maximum atomic E-state index is 12.8. The zero-order chi connectivity index (χ0) is 17.5. The number of fused-ring (bicyclic) bond motifs is 1. The highest BCUT2D eigenvalue weighted by atomic mass is 32.2. The maximum absolute atomic E-state index is 12.8. The Hall–Kier alpha value is -2.54. The molecular weight excluding hydrogens is 328 g/mol. The molecular formula is C17H18N2O4S. The Labute approximate surface area is 141 Å². The molecule has 1 N–H and O–H groups in total. The quantitative estimate of drug-likeness (QED) is 0.926. The Morgan fingerprint density at radius 2 is 1.92 bits per heavy atom. The zero-order valence-corrected chi connectivity index (χ0v) is 14.5. The predicted octanol–water partition coefficient (Wildman–Crippen LogP) is 2.46. The fraction of sp³-hybridized carbons (Fsp3) is 0.235. The van der Waals surface area contributed by atoms with Gasteiger partial charge in [-0.1, -0.05) is 23.8 Å². The number of rotatable bonds is 3. The van der Waals surface area contributed by atoms with Crippen molar-refractivity contribution in [1.82, 2.24) is 0 Å². The molecule has 3 rings (SSSR count). The van der Waals surface area contributed by atoms with E-state index in [1.807, 2.05) is 13.0 Å². The van der Waals surface area contributed by atoms with Gasteiger partial charge in [0.15, 0.2) is 6.61 Å². The van der Waals surface area contributed by atoms with Crippen LogP contribution in [-0.4, -0.2) is 28.0 Å². The van der Waals surface area contributed by atoms with Gasteiger partial charge in [0.2, 0.25) is 0 Å². The summed E-state index contributed by atoms with van der Waals surface area (Å²) in [5.41, 5.74) is 2.38. The fourth-order valence-electron chi connectivity index (χ4n) is 2.73. The molecule has 0 saturated carbocycles. The first kappa shape index (κ1) is 16.3. The zero-order valence-electron chi connectivity index (χ0n) is 13.7. The van der Waals surface area contributed by atoms with Gasteiger partial charge in [0, 0.05) is 7.05 Å². The molecule has 7 heteroatoms. The summed E-state index contributed by atoms with van der Waals surface area (Å²) in [6, 6.07) is 10.1. The molecule has 0 spiro atoms. The Morgan fingerprint density at radius 3 is 2.62 bits per heavy atom. The summed E-state index contributed by atoms with van der Waals surface area (Å²) < 4.78 is 33.5. The number of likely N-dealkylation sites (N-methyl/N-ethyl adjacent to an activating group) is 1. The third-order valence-corrected chi connectivity index (χ3v) is 5.45. The molecule has 0 atom stereocenters. The summed E-state index contributed by atoms with van der Waals surface area (Å²) in [4.78, 5) is 13.5. The van der Waals surface area contributed by atoms with Crippen LogP contribution >= 0.6 is 0 Å². The minimum Gasteiger partial charge on any atom is -0.481 e. The molecule has 2 aromatic rings. The van der Waals surface area contributed by atoms with Gasteiger partial charge >= 0.3 is 0 Å². The van der Waals surface area contributed by atoms with Gasteiger partial charge in [0.25, 0.3) is 15.9 Å². The summed E-state index contributed by atoms with van der Waals surface area (Å²) >= 11 is 0. The van der Waals surface area contributed by atoms with Crippen LogP contribution in [0.15, 0.2) is 41.3 Å². The number of para-hydroxylation sites is 1. The largest absolute Gasteiger partial charge is 0.481 e. The van der Waals surface area contributed by atoms with Crippen LogP contribution in [0.2, 0.25) is 0 Å². The second kappa shape index (κ2) is 5.83. The van der Waals surface area contributed by atoms with Crippen molar-refractivity contribution in [3.05, 3.63) is 47.5 Å². The lowest BCUT2D eigenvalue weighted by Gasteiger charge is -2.28. The molecule has 1 aliphatic heterocycles. The van der Waals surface area contributed by atoms with E-state index < -0.39 is 10.0 Å². The highest BCUT2D eigenvalue weighted by Gasteiger charge is 2.27.